The van der Waals surface area contributed by atoms with Crippen LogP contribution in [-0.4, -0.2) is 31.0 Å². The molecule has 5 rings (SSSR count). The molecule has 118 valence electrons. The van der Waals surface area contributed by atoms with E-state index in [4.69, 9.17) is 0 Å². The van der Waals surface area contributed by atoms with Gasteiger partial charge in [0.05, 0.1) is 5.52 Å². The van der Waals surface area contributed by atoms with E-state index in [9.17, 15) is 0 Å². The molecule has 0 aliphatic heterocycles. The summed E-state index contributed by atoms with van der Waals surface area (Å²) in [5.41, 5.74) is 3.39. The Balaban J connectivity index is 1.49. The number of aromatic nitrogens is 5. The second-order valence-corrected chi connectivity index (χ2v) is 5.96. The highest BCUT2D eigenvalue weighted by Gasteiger charge is 2.23. The quantitative estimate of drug-likeness (QED) is 0.535. The average molecular weight is 317 g/mol. The molecule has 0 amide bonds. The highest BCUT2D eigenvalue weighted by molar-refractivity contribution is 5.86. The number of nitrogens with zero attached hydrogens (tertiary/aromatic N) is 4. The van der Waals surface area contributed by atoms with Crippen LogP contribution in [0.1, 0.15) is 12.8 Å². The van der Waals surface area contributed by atoms with Crippen LogP contribution in [0.2, 0.25) is 0 Å². The summed E-state index contributed by atoms with van der Waals surface area (Å²) < 4.78 is 0. The minimum Gasteiger partial charge on any atom is -0.365 e. The van der Waals surface area contributed by atoms with E-state index in [0.29, 0.717) is 17.6 Å². The first-order valence-electron chi connectivity index (χ1n) is 7.94. The van der Waals surface area contributed by atoms with Gasteiger partial charge in [0.1, 0.15) is 11.8 Å². The van der Waals surface area contributed by atoms with E-state index in [0.717, 1.165) is 27.9 Å². The van der Waals surface area contributed by atoms with Crippen LogP contribution < -0.4 is 10.6 Å². The van der Waals surface area contributed by atoms with Crippen molar-refractivity contribution in [2.45, 2.75) is 18.9 Å². The Bertz CT molecular complexity index is 1040. The molecular formula is C17H15N7. The van der Waals surface area contributed by atoms with Gasteiger partial charge in [-0.3, -0.25) is 4.98 Å². The Kier molecular flexibility index (Phi) is 2.84. The van der Waals surface area contributed by atoms with Gasteiger partial charge in [-0.1, -0.05) is 6.07 Å². The summed E-state index contributed by atoms with van der Waals surface area (Å²) in [4.78, 5) is 20.7. The van der Waals surface area contributed by atoms with Crippen LogP contribution in [-0.2, 0) is 0 Å². The van der Waals surface area contributed by atoms with Crippen LogP contribution in [0.5, 0.6) is 0 Å². The van der Waals surface area contributed by atoms with Crippen molar-refractivity contribution < 1.29 is 0 Å². The van der Waals surface area contributed by atoms with E-state index in [-0.39, 0.29) is 0 Å². The summed E-state index contributed by atoms with van der Waals surface area (Å²) in [6, 6.07) is 10.5. The normalized spacial score (nSPS) is 14.2. The van der Waals surface area contributed by atoms with Crippen molar-refractivity contribution in [3.05, 3.63) is 42.9 Å². The van der Waals surface area contributed by atoms with Crippen LogP contribution in [0.4, 0.5) is 17.5 Å². The first-order chi connectivity index (χ1) is 11.8. The van der Waals surface area contributed by atoms with Gasteiger partial charge in [0, 0.05) is 23.3 Å². The smallest absolute Gasteiger partial charge is 0.207 e. The number of hydrogen-bond donors (Lipinski definition) is 3. The molecule has 7 nitrogen and oxygen atoms in total. The monoisotopic (exact) mass is 317 g/mol. The molecule has 7 heteroatoms. The van der Waals surface area contributed by atoms with Gasteiger partial charge in [0.15, 0.2) is 11.5 Å². The van der Waals surface area contributed by atoms with Crippen molar-refractivity contribution in [1.29, 1.82) is 0 Å². The largest absolute Gasteiger partial charge is 0.365 e. The van der Waals surface area contributed by atoms with E-state index in [1.54, 1.807) is 12.5 Å². The van der Waals surface area contributed by atoms with Gasteiger partial charge >= 0.3 is 0 Å². The summed E-state index contributed by atoms with van der Waals surface area (Å²) in [7, 11) is 0. The predicted molar refractivity (Wildman–Crippen MR) is 93.4 cm³/mol. The number of anilines is 3. The van der Waals surface area contributed by atoms with Crippen LogP contribution in [0.15, 0.2) is 42.9 Å². The van der Waals surface area contributed by atoms with Gasteiger partial charge in [-0.05, 0) is 37.1 Å². The van der Waals surface area contributed by atoms with E-state index in [2.05, 4.69) is 35.6 Å². The molecule has 0 radical (unpaired) electrons. The van der Waals surface area contributed by atoms with E-state index >= 15 is 0 Å². The average Bonchev–Trinajstić information content (AvgIpc) is 3.32. The fraction of sp³-hybridized carbons (Fsp3) is 0.176. The van der Waals surface area contributed by atoms with Crippen molar-refractivity contribution in [3.63, 3.8) is 0 Å². The molecule has 1 aliphatic carbocycles. The van der Waals surface area contributed by atoms with Gasteiger partial charge < -0.3 is 15.6 Å². The maximum Gasteiger partial charge on any atom is 0.207 e. The fourth-order valence-electron chi connectivity index (χ4n) is 2.71. The number of rotatable bonds is 4. The van der Waals surface area contributed by atoms with Crippen molar-refractivity contribution in [2.75, 3.05) is 10.6 Å². The lowest BCUT2D eigenvalue weighted by molar-refractivity contribution is 1.10. The number of fused-ring (bicyclic) bond motifs is 2. The third kappa shape index (κ3) is 2.40. The molecule has 0 spiro atoms. The number of nitrogens with one attached hydrogen (secondary N) is 3. The van der Waals surface area contributed by atoms with Crippen molar-refractivity contribution in [2.24, 2.45) is 0 Å². The second kappa shape index (κ2) is 5.16. The SMILES string of the molecule is c1cnc2ccc(Nc3nc4ncnc(NC5CC5)c4[nH]3)cc2c1. The standard InChI is InChI=1S/C17H15N7/c1-2-10-8-12(5-6-13(10)18-7-1)22-17-23-14-15(21-11-3-4-11)19-9-20-16(14)24-17/h1-2,5-9,11H,3-4H2,(H3,19,20,21,22,23,24). The summed E-state index contributed by atoms with van der Waals surface area (Å²) in [6.45, 7) is 0. The Morgan fingerprint density at radius 3 is 2.96 bits per heavy atom. The first kappa shape index (κ1) is 13.2. The zero-order chi connectivity index (χ0) is 15.9. The Morgan fingerprint density at radius 2 is 2.04 bits per heavy atom. The Labute approximate surface area is 137 Å². The minimum atomic E-state index is 0.524. The Hall–Kier alpha value is -3.22. The predicted octanol–water partition coefficient (Wildman–Crippen LogP) is 3.22. The highest BCUT2D eigenvalue weighted by Crippen LogP contribution is 2.28. The van der Waals surface area contributed by atoms with Crippen LogP contribution in [0.3, 0.4) is 0 Å². The topological polar surface area (TPSA) is 91.4 Å². The van der Waals surface area contributed by atoms with Crippen LogP contribution in [0, 0.1) is 0 Å². The lowest BCUT2D eigenvalue weighted by atomic mass is 10.2. The lowest BCUT2D eigenvalue weighted by Gasteiger charge is -2.04. The molecule has 3 N–H and O–H groups in total. The Morgan fingerprint density at radius 1 is 1.08 bits per heavy atom. The third-order valence-electron chi connectivity index (χ3n) is 4.07. The summed E-state index contributed by atoms with van der Waals surface area (Å²) in [6.07, 6.45) is 5.72. The number of hydrogen-bond acceptors (Lipinski definition) is 6. The molecule has 0 saturated heterocycles. The molecular weight excluding hydrogens is 302 g/mol. The van der Waals surface area contributed by atoms with E-state index in [1.807, 2.05) is 30.3 Å². The van der Waals surface area contributed by atoms with Crippen LogP contribution >= 0.6 is 0 Å². The van der Waals surface area contributed by atoms with Gasteiger partial charge in [-0.2, -0.15) is 4.98 Å². The molecule has 3 aromatic heterocycles. The lowest BCUT2D eigenvalue weighted by Crippen LogP contribution is -2.03. The zero-order valence-corrected chi connectivity index (χ0v) is 12.8. The molecule has 1 aromatic carbocycles. The third-order valence-corrected chi connectivity index (χ3v) is 4.07. The molecule has 0 atom stereocenters. The molecule has 1 saturated carbocycles. The number of imidazole rings is 1. The van der Waals surface area contributed by atoms with Crippen molar-refractivity contribution in [1.82, 2.24) is 24.9 Å². The molecule has 1 aliphatic rings. The fourth-order valence-corrected chi connectivity index (χ4v) is 2.71. The van der Waals surface area contributed by atoms with Gasteiger partial charge in [-0.15, -0.1) is 0 Å². The van der Waals surface area contributed by atoms with Crippen LogP contribution in [0.25, 0.3) is 22.1 Å². The van der Waals surface area contributed by atoms with Gasteiger partial charge in [0.25, 0.3) is 0 Å². The highest BCUT2D eigenvalue weighted by atomic mass is 15.2. The molecule has 24 heavy (non-hydrogen) atoms. The summed E-state index contributed by atoms with van der Waals surface area (Å²) in [5.74, 6) is 1.46. The molecule has 4 aromatic rings. The molecule has 0 unspecified atom stereocenters. The summed E-state index contributed by atoms with van der Waals surface area (Å²) >= 11 is 0. The maximum atomic E-state index is 4.50. The number of H-pyrrole nitrogens is 1. The summed E-state index contributed by atoms with van der Waals surface area (Å²) in [5, 5.41) is 7.77. The molecule has 3 heterocycles. The minimum absolute atomic E-state index is 0.524. The van der Waals surface area contributed by atoms with Crippen molar-refractivity contribution >= 4 is 39.5 Å². The second-order valence-electron chi connectivity index (χ2n) is 5.96. The molecule has 1 fully saturated rings. The number of pyridine rings is 1. The van der Waals surface area contributed by atoms with Gasteiger partial charge in [-0.25, -0.2) is 9.97 Å². The van der Waals surface area contributed by atoms with E-state index < -0.39 is 0 Å². The van der Waals surface area contributed by atoms with E-state index in [1.165, 1.54) is 12.8 Å². The zero-order valence-electron chi connectivity index (χ0n) is 12.8. The van der Waals surface area contributed by atoms with Gasteiger partial charge in [0.2, 0.25) is 5.95 Å². The number of benzene rings is 1. The maximum absolute atomic E-state index is 4.50. The number of aromatic amines is 1. The molecule has 0 bridgehead atoms. The van der Waals surface area contributed by atoms with Crippen molar-refractivity contribution in [3.8, 4) is 0 Å². The first-order valence-corrected chi connectivity index (χ1v) is 7.94.